The average Bonchev–Trinajstić information content (AvgIpc) is 2.84. The maximum atomic E-state index is 12.0. The fourth-order valence-corrected chi connectivity index (χ4v) is 10.2. The molecule has 2 unspecified atom stereocenters. The van der Waals surface area contributed by atoms with Gasteiger partial charge < -0.3 is 0 Å². The van der Waals surface area contributed by atoms with E-state index >= 15 is 0 Å². The van der Waals surface area contributed by atoms with Crippen LogP contribution in [-0.4, -0.2) is 6.08 Å². The molecule has 0 saturated carbocycles. The first-order valence-corrected chi connectivity index (χ1v) is 12.5. The molecule has 1 fully saturated rings. The molecule has 152 valence electrons. The summed E-state index contributed by atoms with van der Waals surface area (Å²) in [6.45, 7) is -3.78. The average molecular weight is 423 g/mol. The van der Waals surface area contributed by atoms with Crippen molar-refractivity contribution in [3.05, 3.63) is 132 Å². The number of rotatable bonds is 5. The molecule has 4 heteroatoms. The summed E-state index contributed by atoms with van der Waals surface area (Å²) < 4.78 is 11.7. The normalized spacial score (nSPS) is 22.1. The zero-order valence-corrected chi connectivity index (χ0v) is 17.8. The van der Waals surface area contributed by atoms with E-state index in [1.54, 1.807) is 0 Å². The zero-order valence-electron chi connectivity index (χ0n) is 16.9. The molecule has 0 aliphatic carbocycles. The van der Waals surface area contributed by atoms with Gasteiger partial charge in [0.2, 0.25) is 0 Å². The van der Waals surface area contributed by atoms with E-state index in [1.807, 2.05) is 103 Å². The van der Waals surface area contributed by atoms with Crippen molar-refractivity contribution in [2.24, 2.45) is 4.76 Å². The fourth-order valence-electron chi connectivity index (χ4n) is 4.84. The van der Waals surface area contributed by atoms with Gasteiger partial charge in [-0.05, 0) is 0 Å². The van der Waals surface area contributed by atoms with E-state index in [9.17, 15) is 4.79 Å². The van der Waals surface area contributed by atoms with Crippen LogP contribution in [0.15, 0.2) is 126 Å². The molecule has 0 amide bonds. The van der Waals surface area contributed by atoms with Gasteiger partial charge in [-0.15, -0.1) is 0 Å². The third-order valence-corrected chi connectivity index (χ3v) is 11.5. The van der Waals surface area contributed by atoms with Crippen molar-refractivity contribution >= 4 is 23.7 Å². The van der Waals surface area contributed by atoms with Crippen LogP contribution in [0.4, 0.5) is 0 Å². The number of isocyanates is 1. The molecule has 0 radical (unpaired) electrons. The molecule has 0 aromatic heterocycles. The van der Waals surface area contributed by atoms with Crippen LogP contribution in [-0.2, 0) is 9.32 Å². The van der Waals surface area contributed by atoms with E-state index in [2.05, 4.69) is 29.0 Å². The van der Waals surface area contributed by atoms with Crippen molar-refractivity contribution in [3.8, 4) is 0 Å². The predicted molar refractivity (Wildman–Crippen MR) is 127 cm³/mol. The molecule has 5 rings (SSSR count). The maximum absolute atomic E-state index is 12.0. The molecule has 31 heavy (non-hydrogen) atoms. The standard InChI is InChI=1S/C27H22NO2P/c29-21-28-31(24-17-9-3-10-18-24,25-19-11-4-12-20-25)27(23-15-7-2-8-16-23)26(30-31)22-13-5-1-6-14-22/h1-20,26-27H. The molecule has 4 aromatic rings. The Morgan fingerprint density at radius 3 is 1.48 bits per heavy atom. The number of benzene rings is 4. The fraction of sp³-hybridized carbons (Fsp3) is 0.0741. The summed E-state index contributed by atoms with van der Waals surface area (Å²) in [4.78, 5) is 12.0. The van der Waals surface area contributed by atoms with Crippen molar-refractivity contribution in [1.29, 1.82) is 0 Å². The van der Waals surface area contributed by atoms with Crippen molar-refractivity contribution in [2.75, 3.05) is 0 Å². The van der Waals surface area contributed by atoms with Gasteiger partial charge in [-0.2, -0.15) is 0 Å². The third-order valence-electron chi connectivity index (χ3n) is 6.15. The molecule has 2 atom stereocenters. The summed E-state index contributed by atoms with van der Waals surface area (Å²) in [6, 6.07) is 40.4. The van der Waals surface area contributed by atoms with Crippen LogP contribution in [0.5, 0.6) is 0 Å². The van der Waals surface area contributed by atoms with Gasteiger partial charge >= 0.3 is 182 Å². The second kappa shape index (κ2) is 7.72. The number of hydrogen-bond acceptors (Lipinski definition) is 3. The molecule has 0 N–H and O–H groups in total. The van der Waals surface area contributed by atoms with E-state index in [1.165, 1.54) is 0 Å². The van der Waals surface area contributed by atoms with E-state index in [-0.39, 0.29) is 11.8 Å². The Bertz CT molecular complexity index is 1180. The molecular formula is C27H22NO2P. The molecule has 0 bridgehead atoms. The second-order valence-electron chi connectivity index (χ2n) is 7.71. The quantitative estimate of drug-likeness (QED) is 0.229. The van der Waals surface area contributed by atoms with Crippen LogP contribution in [0.25, 0.3) is 0 Å². The molecule has 3 nitrogen and oxygen atoms in total. The van der Waals surface area contributed by atoms with Crippen molar-refractivity contribution in [3.63, 3.8) is 0 Å². The van der Waals surface area contributed by atoms with Crippen LogP contribution >= 0.6 is 6.98 Å². The Balaban J connectivity index is 1.87. The Kier molecular flexibility index (Phi) is 4.88. The van der Waals surface area contributed by atoms with Gasteiger partial charge in [0.1, 0.15) is 0 Å². The zero-order chi connectivity index (χ0) is 21.2. The molecule has 1 saturated heterocycles. The summed E-state index contributed by atoms with van der Waals surface area (Å²) in [5.74, 6) is 0. The minimum atomic E-state index is -3.78. The van der Waals surface area contributed by atoms with Crippen LogP contribution in [0.2, 0.25) is 0 Å². The van der Waals surface area contributed by atoms with E-state index < -0.39 is 6.98 Å². The topological polar surface area (TPSA) is 38.7 Å². The van der Waals surface area contributed by atoms with Gasteiger partial charge in [-0.1, -0.05) is 0 Å². The molecule has 4 aromatic carbocycles. The summed E-state index contributed by atoms with van der Waals surface area (Å²) in [5.41, 5.74) is 2.04. The summed E-state index contributed by atoms with van der Waals surface area (Å²) in [5, 5.41) is 1.87. The Morgan fingerprint density at radius 1 is 0.613 bits per heavy atom. The molecule has 0 spiro atoms. The molecule has 1 heterocycles. The Labute approximate surface area is 182 Å². The first-order valence-electron chi connectivity index (χ1n) is 10.3. The SMILES string of the molecule is O=C=NP1(c2ccccc2)(c2ccccc2)OC(c2ccccc2)C1c1ccccc1. The van der Waals surface area contributed by atoms with Gasteiger partial charge in [-0.3, -0.25) is 0 Å². The summed E-state index contributed by atoms with van der Waals surface area (Å²) in [6.07, 6.45) is 1.70. The summed E-state index contributed by atoms with van der Waals surface area (Å²) >= 11 is 0. The van der Waals surface area contributed by atoms with Crippen LogP contribution in [0.1, 0.15) is 22.9 Å². The number of carbonyl (C=O) groups excluding carboxylic acids is 1. The first kappa shape index (κ1) is 19.6. The number of hydrogen-bond donors (Lipinski definition) is 0. The summed E-state index contributed by atoms with van der Waals surface area (Å²) in [7, 11) is 0. The predicted octanol–water partition coefficient (Wildman–Crippen LogP) is 5.87. The monoisotopic (exact) mass is 423 g/mol. The number of nitrogens with zero attached hydrogens (tertiary/aromatic N) is 1. The van der Waals surface area contributed by atoms with E-state index in [0.717, 1.165) is 21.7 Å². The molecular weight excluding hydrogens is 401 g/mol. The van der Waals surface area contributed by atoms with Crippen molar-refractivity contribution in [1.82, 2.24) is 0 Å². The first-order chi connectivity index (χ1) is 15.3. The minimum absolute atomic E-state index is 0.138. The van der Waals surface area contributed by atoms with Gasteiger partial charge in [0.15, 0.2) is 0 Å². The van der Waals surface area contributed by atoms with Crippen molar-refractivity contribution < 1.29 is 9.32 Å². The third kappa shape index (κ3) is 2.83. The van der Waals surface area contributed by atoms with Crippen LogP contribution < -0.4 is 10.6 Å². The van der Waals surface area contributed by atoms with Gasteiger partial charge in [0, 0.05) is 0 Å². The Morgan fingerprint density at radius 2 is 1.03 bits per heavy atom. The van der Waals surface area contributed by atoms with Gasteiger partial charge in [0.05, 0.1) is 0 Å². The van der Waals surface area contributed by atoms with E-state index in [4.69, 9.17) is 4.52 Å². The van der Waals surface area contributed by atoms with E-state index in [0.29, 0.717) is 0 Å². The Hall–Kier alpha value is -3.35. The molecule has 1 aliphatic rings. The van der Waals surface area contributed by atoms with Crippen LogP contribution in [0.3, 0.4) is 0 Å². The second-order valence-corrected chi connectivity index (χ2v) is 11.8. The van der Waals surface area contributed by atoms with Crippen LogP contribution in [0, 0.1) is 0 Å². The van der Waals surface area contributed by atoms with Gasteiger partial charge in [0.25, 0.3) is 0 Å². The van der Waals surface area contributed by atoms with Crippen molar-refractivity contribution in [2.45, 2.75) is 11.8 Å². The molecule has 1 aliphatic heterocycles. The van der Waals surface area contributed by atoms with Gasteiger partial charge in [-0.25, -0.2) is 0 Å².